The van der Waals surface area contributed by atoms with Gasteiger partial charge < -0.3 is 0 Å². The van der Waals surface area contributed by atoms with Crippen molar-refractivity contribution in [3.63, 3.8) is 0 Å². The SMILES string of the molecule is CN(C)ON(N)N. The molecule has 0 radical (unpaired) electrons. The summed E-state index contributed by atoms with van der Waals surface area (Å²) in [5.74, 6) is 9.68. The molecule has 0 spiro atoms. The Balaban J connectivity index is 2.95. The molecule has 0 aromatic rings. The summed E-state index contributed by atoms with van der Waals surface area (Å²) in [6.45, 7) is 0. The van der Waals surface area contributed by atoms with Gasteiger partial charge in [-0.05, 0) is 5.28 Å². The lowest BCUT2D eigenvalue weighted by Gasteiger charge is -2.12. The van der Waals surface area contributed by atoms with Gasteiger partial charge in [0.25, 0.3) is 0 Å². The van der Waals surface area contributed by atoms with E-state index in [-0.39, 0.29) is 0 Å². The Hall–Kier alpha value is -0.200. The molecule has 0 aliphatic carbocycles. The number of nitrogens with two attached hydrogens (primary N) is 2. The fraction of sp³-hybridized carbons (Fsp3) is 1.00. The van der Waals surface area contributed by atoms with Gasteiger partial charge in [0, 0.05) is 14.1 Å². The molecule has 0 unspecified atom stereocenters. The van der Waals surface area contributed by atoms with E-state index < -0.39 is 0 Å². The second-order valence-electron chi connectivity index (χ2n) is 1.25. The standard InChI is InChI=1S/C2H10N4O/c1-5(2)7-6(3)4/h3-4H2,1-2H3. The lowest BCUT2D eigenvalue weighted by atomic mass is 11.2. The summed E-state index contributed by atoms with van der Waals surface area (Å²) in [4.78, 5) is 4.47. The van der Waals surface area contributed by atoms with Crippen LogP contribution in [0.4, 0.5) is 0 Å². The number of hydrogen-bond donors (Lipinski definition) is 2. The molecule has 5 heteroatoms. The highest BCUT2D eigenvalue weighted by Gasteiger charge is 1.88. The first-order chi connectivity index (χ1) is 3.13. The van der Waals surface area contributed by atoms with Crippen molar-refractivity contribution in [1.82, 2.24) is 10.3 Å². The van der Waals surface area contributed by atoms with Crippen LogP contribution in [0.3, 0.4) is 0 Å². The van der Waals surface area contributed by atoms with E-state index in [0.29, 0.717) is 5.28 Å². The minimum absolute atomic E-state index is 0.625. The van der Waals surface area contributed by atoms with Crippen LogP contribution in [-0.4, -0.2) is 24.4 Å². The molecule has 0 aliphatic rings. The van der Waals surface area contributed by atoms with Gasteiger partial charge >= 0.3 is 0 Å². The van der Waals surface area contributed by atoms with Crippen molar-refractivity contribution in [2.75, 3.05) is 14.1 Å². The van der Waals surface area contributed by atoms with Crippen LogP contribution in [0.5, 0.6) is 0 Å². The highest BCUT2D eigenvalue weighted by molar-refractivity contribution is 3.99. The Morgan fingerprint density at radius 1 is 1.29 bits per heavy atom. The fourth-order valence-electron chi connectivity index (χ4n) is 0.189. The van der Waals surface area contributed by atoms with E-state index in [9.17, 15) is 0 Å². The quantitative estimate of drug-likeness (QED) is 0.329. The van der Waals surface area contributed by atoms with Crippen LogP contribution in [0.1, 0.15) is 0 Å². The molecule has 0 aromatic carbocycles. The second kappa shape index (κ2) is 2.89. The number of hydroxylamine groups is 2. The number of hydrogen-bond acceptors (Lipinski definition) is 5. The summed E-state index contributed by atoms with van der Waals surface area (Å²) in [6, 6.07) is 0. The summed E-state index contributed by atoms with van der Waals surface area (Å²) in [7, 11) is 3.35. The highest BCUT2D eigenvalue weighted by atomic mass is 16.9. The normalized spacial score (nSPS) is 11.1. The molecule has 0 aromatic heterocycles. The molecule has 0 aliphatic heterocycles. The van der Waals surface area contributed by atoms with Crippen molar-refractivity contribution in [3.05, 3.63) is 0 Å². The van der Waals surface area contributed by atoms with Crippen LogP contribution in [0.2, 0.25) is 0 Å². The Labute approximate surface area is 42.3 Å². The van der Waals surface area contributed by atoms with Gasteiger partial charge in [0.2, 0.25) is 0 Å². The van der Waals surface area contributed by atoms with Crippen LogP contribution in [0.25, 0.3) is 0 Å². The molecule has 0 saturated carbocycles. The third kappa shape index (κ3) is 5.80. The maximum Gasteiger partial charge on any atom is 0.0143 e. The zero-order chi connectivity index (χ0) is 5.86. The van der Waals surface area contributed by atoms with Crippen molar-refractivity contribution in [2.24, 2.45) is 11.7 Å². The van der Waals surface area contributed by atoms with Crippen LogP contribution in [0.15, 0.2) is 0 Å². The lowest BCUT2D eigenvalue weighted by molar-refractivity contribution is -0.310. The fourth-order valence-corrected chi connectivity index (χ4v) is 0.189. The Morgan fingerprint density at radius 2 is 1.71 bits per heavy atom. The maximum atomic E-state index is 4.84. The predicted molar refractivity (Wildman–Crippen MR) is 25.0 cm³/mol. The monoisotopic (exact) mass is 106 g/mol. The van der Waals surface area contributed by atoms with Crippen molar-refractivity contribution in [3.8, 4) is 0 Å². The largest absolute Gasteiger partial charge is 0.229 e. The molecule has 0 atom stereocenters. The van der Waals surface area contributed by atoms with E-state index in [1.807, 2.05) is 0 Å². The number of hydrazine groups is 2. The molecular formula is C2H10N4O. The van der Waals surface area contributed by atoms with Crippen LogP contribution in [0, 0.1) is 0 Å². The van der Waals surface area contributed by atoms with Gasteiger partial charge in [-0.25, -0.2) is 11.7 Å². The molecule has 0 bridgehead atoms. The average molecular weight is 106 g/mol. The molecule has 44 valence electrons. The van der Waals surface area contributed by atoms with Crippen molar-refractivity contribution in [2.45, 2.75) is 0 Å². The molecular weight excluding hydrogens is 96.0 g/mol. The molecule has 5 nitrogen and oxygen atoms in total. The highest BCUT2D eigenvalue weighted by Crippen LogP contribution is 1.72. The van der Waals surface area contributed by atoms with Crippen molar-refractivity contribution >= 4 is 0 Å². The number of rotatable bonds is 2. The molecule has 0 heterocycles. The lowest BCUT2D eigenvalue weighted by Crippen LogP contribution is -2.41. The van der Waals surface area contributed by atoms with Crippen LogP contribution >= 0.6 is 0 Å². The van der Waals surface area contributed by atoms with E-state index in [1.54, 1.807) is 14.1 Å². The van der Waals surface area contributed by atoms with Gasteiger partial charge in [-0.1, -0.05) is 0 Å². The van der Waals surface area contributed by atoms with Crippen molar-refractivity contribution < 1.29 is 4.94 Å². The molecule has 7 heavy (non-hydrogen) atoms. The summed E-state index contributed by atoms with van der Waals surface area (Å²) < 4.78 is 0. The van der Waals surface area contributed by atoms with E-state index in [1.165, 1.54) is 5.06 Å². The van der Waals surface area contributed by atoms with Gasteiger partial charge in [-0.15, -0.1) is 0 Å². The Bertz CT molecular complexity index is 39.0. The Morgan fingerprint density at radius 3 is 1.71 bits per heavy atom. The van der Waals surface area contributed by atoms with Crippen LogP contribution in [-0.2, 0) is 4.94 Å². The van der Waals surface area contributed by atoms with Gasteiger partial charge in [-0.2, -0.15) is 10.0 Å². The molecule has 0 fully saturated rings. The summed E-state index contributed by atoms with van der Waals surface area (Å²) >= 11 is 0. The zero-order valence-corrected chi connectivity index (χ0v) is 4.46. The van der Waals surface area contributed by atoms with E-state index in [4.69, 9.17) is 11.7 Å². The number of nitrogens with zero attached hydrogens (tertiary/aromatic N) is 2. The van der Waals surface area contributed by atoms with E-state index >= 15 is 0 Å². The third-order valence-electron chi connectivity index (χ3n) is 0.258. The first-order valence-corrected chi connectivity index (χ1v) is 1.78. The maximum absolute atomic E-state index is 4.84. The van der Waals surface area contributed by atoms with Gasteiger partial charge in [0.1, 0.15) is 0 Å². The average Bonchev–Trinajstić information content (AvgIpc) is 1.27. The minimum Gasteiger partial charge on any atom is -0.229 e. The molecule has 4 N–H and O–H groups in total. The van der Waals surface area contributed by atoms with E-state index in [0.717, 1.165) is 0 Å². The second-order valence-corrected chi connectivity index (χ2v) is 1.25. The van der Waals surface area contributed by atoms with E-state index in [2.05, 4.69) is 4.94 Å². The first-order valence-electron chi connectivity index (χ1n) is 1.78. The molecule has 0 rings (SSSR count). The predicted octanol–water partition coefficient (Wildman–Crippen LogP) is -1.56. The van der Waals surface area contributed by atoms with Crippen LogP contribution < -0.4 is 11.7 Å². The van der Waals surface area contributed by atoms with Gasteiger partial charge in [0.15, 0.2) is 0 Å². The van der Waals surface area contributed by atoms with Gasteiger partial charge in [0.05, 0.1) is 0 Å². The minimum atomic E-state index is 0.625. The third-order valence-corrected chi connectivity index (χ3v) is 0.258. The summed E-state index contributed by atoms with van der Waals surface area (Å²) in [6.07, 6.45) is 0. The summed E-state index contributed by atoms with van der Waals surface area (Å²) in [5, 5.41) is 2.00. The smallest absolute Gasteiger partial charge is 0.0143 e. The molecule has 0 saturated heterocycles. The van der Waals surface area contributed by atoms with Gasteiger partial charge in [-0.3, -0.25) is 0 Å². The Kier molecular flexibility index (Phi) is 2.81. The summed E-state index contributed by atoms with van der Waals surface area (Å²) in [5.41, 5.74) is 0. The zero-order valence-electron chi connectivity index (χ0n) is 4.46. The van der Waals surface area contributed by atoms with Crippen molar-refractivity contribution in [1.29, 1.82) is 0 Å². The topological polar surface area (TPSA) is 67.8 Å². The first kappa shape index (κ1) is 6.80. The molecule has 0 amide bonds.